The molecule has 3 aromatic carbocycles. The molecule has 0 saturated heterocycles. The first-order valence-electron chi connectivity index (χ1n) is 24.0. The van der Waals surface area contributed by atoms with E-state index in [9.17, 15) is 44.7 Å². The summed E-state index contributed by atoms with van der Waals surface area (Å²) in [7, 11) is 1.43. The van der Waals surface area contributed by atoms with Crippen LogP contribution in [-0.4, -0.2) is 124 Å². The summed E-state index contributed by atoms with van der Waals surface area (Å²) in [5.41, 5.74) is 1.79. The zero-order valence-corrected chi connectivity index (χ0v) is 44.6. The summed E-state index contributed by atoms with van der Waals surface area (Å²) in [6.07, 6.45) is 4.89. The summed E-state index contributed by atoms with van der Waals surface area (Å²) in [5.74, 6) is -7.74. The molecule has 16 nitrogen and oxygen atoms in total. The van der Waals surface area contributed by atoms with Gasteiger partial charge in [0.05, 0.1) is 40.4 Å². The molecule has 3 aliphatic rings. The highest BCUT2D eigenvalue weighted by Crippen LogP contribution is 2.57. The molecule has 394 valence electrons. The number of hydrogen-bond acceptors (Lipinski definition) is 15. The van der Waals surface area contributed by atoms with Crippen LogP contribution < -0.4 is 20.3 Å². The van der Waals surface area contributed by atoms with Crippen LogP contribution in [-0.2, 0) is 35.0 Å². The van der Waals surface area contributed by atoms with E-state index in [4.69, 9.17) is 42.1 Å². The molecule has 0 saturated carbocycles. The molecule has 3 aliphatic heterocycles. The molecule has 0 unspecified atom stereocenters. The van der Waals surface area contributed by atoms with Crippen LogP contribution in [0.2, 0.25) is 0 Å². The Kier molecular flexibility index (Phi) is 20.6. The molecule has 0 radical (unpaired) electrons. The highest BCUT2D eigenvalue weighted by atomic mass is 35.5. The van der Waals surface area contributed by atoms with E-state index < -0.39 is 88.8 Å². The average molecular weight is 1060 g/mol. The van der Waals surface area contributed by atoms with Gasteiger partial charge in [0.25, 0.3) is 11.7 Å². The number of allylic oxidation sites excluding steroid dienone is 2. The number of hydrogen-bond donors (Lipinski definition) is 7. The highest BCUT2D eigenvalue weighted by molar-refractivity contribution is 7.99. The van der Waals surface area contributed by atoms with Gasteiger partial charge >= 0.3 is 11.8 Å². The average Bonchev–Trinajstić information content (AvgIpc) is 3.61. The number of alkyl halides is 2. The number of thioether (sulfide) groups is 1. The summed E-state index contributed by atoms with van der Waals surface area (Å²) in [4.78, 5) is 55.9. The SMILES string of the molecule is CO[C@H]1/C=C/O[C@@]2(C)Oc3c(C)c(O)c4c(O)c(c(SCCNC(=O)CCCc5ccc(N(CCCl)CCCl)cc5)c(O)c4c3C2=O)NC(=O)/C(C)=C\C=C\[C@@H](C)[C@H](O)[C@@H](C)[C@H](O)[C@H](C)[C@H](OC(C)=O)[C@@H]1C. The van der Waals surface area contributed by atoms with E-state index >= 15 is 0 Å². The quantitative estimate of drug-likeness (QED) is 0.0190. The Morgan fingerprint density at radius 2 is 1.58 bits per heavy atom. The van der Waals surface area contributed by atoms with Gasteiger partial charge in [0.2, 0.25) is 5.91 Å². The van der Waals surface area contributed by atoms with Gasteiger partial charge in [-0.15, -0.1) is 35.0 Å². The number of halogens is 2. The number of fused-ring (bicyclic) bond motifs is 14. The topological polar surface area (TPSA) is 234 Å². The van der Waals surface area contributed by atoms with E-state index in [0.717, 1.165) is 23.0 Å². The summed E-state index contributed by atoms with van der Waals surface area (Å²) in [6, 6.07) is 8.05. The van der Waals surface area contributed by atoms with E-state index in [0.29, 0.717) is 37.7 Å². The van der Waals surface area contributed by atoms with E-state index in [1.54, 1.807) is 39.8 Å². The highest BCUT2D eigenvalue weighted by Gasteiger charge is 2.50. The van der Waals surface area contributed by atoms with Gasteiger partial charge in [0, 0.05) is 110 Å². The van der Waals surface area contributed by atoms with Crippen LogP contribution in [0.5, 0.6) is 23.0 Å². The molecular weight excluding hydrogens is 990 g/mol. The Labute approximate surface area is 435 Å². The molecule has 0 aliphatic carbocycles. The maximum Gasteiger partial charge on any atom is 0.312 e. The molecular formula is C53H69Cl2N3O13S. The number of Topliss-reactive ketones (excluding diaryl/α,β-unsaturated/α-hetero) is 1. The molecule has 7 N–H and O–H groups in total. The minimum absolute atomic E-state index is 0.0304. The molecule has 0 spiro atoms. The Morgan fingerprint density at radius 1 is 0.917 bits per heavy atom. The van der Waals surface area contributed by atoms with Gasteiger partial charge in [-0.1, -0.05) is 58.1 Å². The van der Waals surface area contributed by atoms with Gasteiger partial charge < -0.3 is 60.0 Å². The number of benzene rings is 3. The standard InChI is InChI=1S/C53H69Cl2N3O13S/c1-28-12-10-13-29(2)52(67)57-42-46(64)40-39(47(65)50(42)72-27-23-56-38(60)15-11-14-35-16-18-36(19-17-35)58(24-21-54)25-22-55)41-49(33(6)45(40)63)71-53(8,51(41)66)69-26-20-37(68-9)30(3)48(70-34(7)59)32(5)44(62)31(4)43(28)61/h10,12-13,16-20,26,28,30-32,37,43-44,48,61-65H,11,14-15,21-25,27H2,1-9H3,(H,56,60)(H,57,67)/b12-10+,26-20+,29-13-/t28-,30-,31-,32+,37+,43+,44+,48-,53+/m1/s1. The van der Waals surface area contributed by atoms with Crippen molar-refractivity contribution in [1.82, 2.24) is 5.32 Å². The minimum atomic E-state index is -2.08. The number of nitrogens with zero attached hydrogens (tertiary/aromatic N) is 1. The fourth-order valence-electron chi connectivity index (χ4n) is 9.17. The number of ether oxygens (including phenoxy) is 4. The molecule has 72 heavy (non-hydrogen) atoms. The Morgan fingerprint density at radius 3 is 2.21 bits per heavy atom. The van der Waals surface area contributed by atoms with Gasteiger partial charge in [0.1, 0.15) is 29.0 Å². The molecule has 19 heteroatoms. The van der Waals surface area contributed by atoms with Crippen molar-refractivity contribution in [2.75, 3.05) is 54.5 Å². The molecule has 6 rings (SSSR count). The second-order valence-electron chi connectivity index (χ2n) is 18.6. The lowest BCUT2D eigenvalue weighted by molar-refractivity contribution is -0.160. The van der Waals surface area contributed by atoms with Crippen molar-refractivity contribution in [3.05, 3.63) is 77.1 Å². The summed E-state index contributed by atoms with van der Waals surface area (Å²) in [5, 5.41) is 63.9. The van der Waals surface area contributed by atoms with Gasteiger partial charge in [-0.25, -0.2) is 0 Å². The fraction of sp³-hybridized carbons (Fsp3) is 0.509. The third-order valence-electron chi connectivity index (χ3n) is 13.5. The minimum Gasteiger partial charge on any atom is -0.507 e. The summed E-state index contributed by atoms with van der Waals surface area (Å²) in [6.45, 7) is 13.9. The van der Waals surface area contributed by atoms with Crippen LogP contribution in [0.15, 0.2) is 65.3 Å². The number of aromatic hydroxyl groups is 3. The van der Waals surface area contributed by atoms with Gasteiger partial charge in [0.15, 0.2) is 5.75 Å². The number of anilines is 2. The van der Waals surface area contributed by atoms with Gasteiger partial charge in [-0.05, 0) is 50.5 Å². The number of nitrogens with one attached hydrogen (secondary N) is 2. The van der Waals surface area contributed by atoms with Gasteiger partial charge in [-0.2, -0.15) is 0 Å². The Hall–Kier alpha value is -5.17. The zero-order chi connectivity index (χ0) is 53.2. The lowest BCUT2D eigenvalue weighted by Gasteiger charge is -2.38. The molecule has 2 amide bonds. The first kappa shape index (κ1) is 57.7. The van der Waals surface area contributed by atoms with Crippen LogP contribution in [0.4, 0.5) is 11.4 Å². The number of esters is 1. The number of carbonyl (C=O) groups is 4. The van der Waals surface area contributed by atoms with Crippen molar-refractivity contribution >= 4 is 80.7 Å². The molecule has 0 aromatic heterocycles. The first-order chi connectivity index (χ1) is 34.1. The predicted octanol–water partition coefficient (Wildman–Crippen LogP) is 8.27. The smallest absolute Gasteiger partial charge is 0.312 e. The number of aliphatic hydroxyl groups excluding tert-OH is 2. The second-order valence-corrected chi connectivity index (χ2v) is 20.5. The zero-order valence-electron chi connectivity index (χ0n) is 42.3. The first-order valence-corrected chi connectivity index (χ1v) is 26.1. The van der Waals surface area contributed by atoms with Crippen molar-refractivity contribution in [2.45, 2.75) is 110 Å². The fourth-order valence-corrected chi connectivity index (χ4v) is 10.5. The maximum atomic E-state index is 14.6. The Bertz CT molecular complexity index is 2530. The van der Waals surface area contributed by atoms with Gasteiger partial charge in [-0.3, -0.25) is 19.2 Å². The number of carbonyl (C=O) groups excluding carboxylic acids is 4. The van der Waals surface area contributed by atoms with Crippen LogP contribution in [0.25, 0.3) is 10.8 Å². The lowest BCUT2D eigenvalue weighted by atomic mass is 9.78. The predicted molar refractivity (Wildman–Crippen MR) is 281 cm³/mol. The molecule has 9 atom stereocenters. The van der Waals surface area contributed by atoms with Crippen LogP contribution >= 0.6 is 35.0 Å². The normalized spacial score (nSPS) is 26.5. The number of methoxy groups -OCH3 is 1. The number of ketones is 1. The number of aliphatic hydroxyl groups is 2. The van der Waals surface area contributed by atoms with Crippen molar-refractivity contribution in [2.24, 2.45) is 23.7 Å². The van der Waals surface area contributed by atoms with E-state index in [1.165, 1.54) is 53.2 Å². The molecule has 3 heterocycles. The van der Waals surface area contributed by atoms with Crippen LogP contribution in [0.1, 0.15) is 82.8 Å². The molecule has 3 aromatic rings. The maximum absolute atomic E-state index is 14.6. The number of aryl methyl sites for hydroxylation is 1. The van der Waals surface area contributed by atoms with Crippen molar-refractivity contribution in [3.8, 4) is 23.0 Å². The number of phenolic OH excluding ortho intramolecular Hbond substituents is 3. The van der Waals surface area contributed by atoms with E-state index in [2.05, 4.69) is 15.5 Å². The molecule has 0 fully saturated rings. The second kappa shape index (κ2) is 25.7. The third-order valence-corrected chi connectivity index (χ3v) is 14.9. The number of rotatable bonds is 15. The lowest BCUT2D eigenvalue weighted by Crippen LogP contribution is -2.46. The van der Waals surface area contributed by atoms with Crippen LogP contribution in [0, 0.1) is 30.6 Å². The Balaban J connectivity index is 1.49. The molecule has 5 bridgehead atoms. The third kappa shape index (κ3) is 13.1. The van der Waals surface area contributed by atoms with E-state index in [-0.39, 0.29) is 68.4 Å². The summed E-state index contributed by atoms with van der Waals surface area (Å²) < 4.78 is 23.7. The van der Waals surface area contributed by atoms with Crippen molar-refractivity contribution < 1.29 is 63.7 Å². The van der Waals surface area contributed by atoms with Crippen LogP contribution in [0.3, 0.4) is 0 Å². The number of amides is 2. The van der Waals surface area contributed by atoms with Crippen molar-refractivity contribution in [1.29, 1.82) is 0 Å². The van der Waals surface area contributed by atoms with E-state index in [1.807, 2.05) is 24.3 Å². The monoisotopic (exact) mass is 1060 g/mol. The summed E-state index contributed by atoms with van der Waals surface area (Å²) >= 11 is 12.9. The largest absolute Gasteiger partial charge is 0.507 e. The number of phenols is 3. The van der Waals surface area contributed by atoms with Crippen molar-refractivity contribution in [3.63, 3.8) is 0 Å².